The van der Waals surface area contributed by atoms with Gasteiger partial charge in [0.15, 0.2) is 0 Å². The van der Waals surface area contributed by atoms with Crippen LogP contribution in [0.25, 0.3) is 0 Å². The number of carbonyl (C=O) groups is 1. The molecule has 1 aliphatic heterocycles. The Labute approximate surface area is 176 Å². The maximum Gasteiger partial charge on any atom is 0.224 e. The van der Waals surface area contributed by atoms with Gasteiger partial charge in [-0.05, 0) is 68.7 Å². The van der Waals surface area contributed by atoms with Gasteiger partial charge >= 0.3 is 0 Å². The molecule has 3 rings (SSSR count). The lowest BCUT2D eigenvalue weighted by atomic mass is 9.83. The van der Waals surface area contributed by atoms with E-state index in [1.54, 1.807) is 7.11 Å². The first-order valence-electron chi connectivity index (χ1n) is 11.4. The van der Waals surface area contributed by atoms with Crippen molar-refractivity contribution in [3.63, 3.8) is 0 Å². The summed E-state index contributed by atoms with van der Waals surface area (Å²) in [6.07, 6.45) is 7.78. The number of nitrogens with zero attached hydrogens (tertiary/aromatic N) is 1. The van der Waals surface area contributed by atoms with E-state index in [0.29, 0.717) is 24.3 Å². The Morgan fingerprint density at radius 3 is 2.90 bits per heavy atom. The third kappa shape index (κ3) is 7.00. The van der Waals surface area contributed by atoms with Gasteiger partial charge in [-0.1, -0.05) is 25.0 Å². The molecule has 1 aromatic carbocycles. The van der Waals surface area contributed by atoms with Gasteiger partial charge in [0.1, 0.15) is 5.75 Å². The van der Waals surface area contributed by atoms with Gasteiger partial charge in [-0.25, -0.2) is 0 Å². The molecule has 162 valence electrons. The Morgan fingerprint density at radius 1 is 1.21 bits per heavy atom. The molecule has 3 atom stereocenters. The van der Waals surface area contributed by atoms with E-state index in [1.807, 2.05) is 24.3 Å². The van der Waals surface area contributed by atoms with Gasteiger partial charge in [0.25, 0.3) is 0 Å². The molecule has 1 amide bonds. The fourth-order valence-corrected chi connectivity index (χ4v) is 4.91. The molecular weight excluding hydrogens is 364 g/mol. The Morgan fingerprint density at radius 2 is 2.07 bits per heavy atom. The molecule has 1 aliphatic carbocycles. The van der Waals surface area contributed by atoms with Gasteiger partial charge < -0.3 is 19.7 Å². The van der Waals surface area contributed by atoms with Crippen LogP contribution in [0.1, 0.15) is 51.0 Å². The predicted molar refractivity (Wildman–Crippen MR) is 116 cm³/mol. The standard InChI is InChI=1S/C24H38N2O3/c1-3-29-18-20-9-7-13-26(16-20)17-21-10-4-5-12-23(21)25-24(27)15-19-8-6-11-22(14-19)28-2/h6,8,11,14,20-21,23H,3-5,7,9-10,12-13,15-18H2,1-2H3,(H,25,27)/t20?,21-,23+/m1/s1. The molecule has 1 heterocycles. The van der Waals surface area contributed by atoms with Crippen molar-refractivity contribution in [3.8, 4) is 5.75 Å². The molecule has 1 saturated carbocycles. The zero-order chi connectivity index (χ0) is 20.5. The first-order valence-corrected chi connectivity index (χ1v) is 11.4. The summed E-state index contributed by atoms with van der Waals surface area (Å²) < 4.78 is 10.9. The third-order valence-corrected chi connectivity index (χ3v) is 6.41. The summed E-state index contributed by atoms with van der Waals surface area (Å²) >= 11 is 0. The average Bonchev–Trinajstić information content (AvgIpc) is 2.74. The molecule has 1 unspecified atom stereocenters. The van der Waals surface area contributed by atoms with Gasteiger partial charge in [0, 0.05) is 25.7 Å². The second-order valence-corrected chi connectivity index (χ2v) is 8.67. The van der Waals surface area contributed by atoms with E-state index < -0.39 is 0 Å². The number of ether oxygens (including phenoxy) is 2. The average molecular weight is 403 g/mol. The first-order chi connectivity index (χ1) is 14.2. The second-order valence-electron chi connectivity index (χ2n) is 8.67. The predicted octanol–water partition coefficient (Wildman–Crippen LogP) is 3.66. The summed E-state index contributed by atoms with van der Waals surface area (Å²) in [5.41, 5.74) is 1.00. The topological polar surface area (TPSA) is 50.8 Å². The number of hydrogen-bond donors (Lipinski definition) is 1. The minimum atomic E-state index is 0.128. The molecule has 2 fully saturated rings. The van der Waals surface area contributed by atoms with Crippen LogP contribution in [0.2, 0.25) is 0 Å². The number of nitrogens with one attached hydrogen (secondary N) is 1. The minimum Gasteiger partial charge on any atom is -0.497 e. The number of carbonyl (C=O) groups excluding carboxylic acids is 1. The number of rotatable bonds is 9. The van der Waals surface area contributed by atoms with Crippen molar-refractivity contribution in [3.05, 3.63) is 29.8 Å². The number of amides is 1. The van der Waals surface area contributed by atoms with Gasteiger partial charge in [-0.3, -0.25) is 4.79 Å². The number of likely N-dealkylation sites (tertiary alicyclic amines) is 1. The monoisotopic (exact) mass is 402 g/mol. The first kappa shape index (κ1) is 22.1. The number of hydrogen-bond acceptors (Lipinski definition) is 4. The largest absolute Gasteiger partial charge is 0.497 e. The van der Waals surface area contributed by atoms with Crippen molar-refractivity contribution >= 4 is 5.91 Å². The smallest absolute Gasteiger partial charge is 0.224 e. The van der Waals surface area contributed by atoms with Crippen LogP contribution in [-0.4, -0.2) is 56.8 Å². The highest BCUT2D eigenvalue weighted by molar-refractivity contribution is 5.79. The van der Waals surface area contributed by atoms with Crippen LogP contribution < -0.4 is 10.1 Å². The molecule has 0 bridgehead atoms. The minimum absolute atomic E-state index is 0.128. The summed E-state index contributed by atoms with van der Waals surface area (Å²) in [6.45, 7) is 7.19. The SMILES string of the molecule is CCOCC1CCCN(C[C@H]2CCCC[C@@H]2NC(=O)Cc2cccc(OC)c2)C1. The van der Waals surface area contributed by atoms with Crippen LogP contribution in [0.3, 0.4) is 0 Å². The lowest BCUT2D eigenvalue weighted by Crippen LogP contribution is -2.48. The molecule has 5 nitrogen and oxygen atoms in total. The maximum atomic E-state index is 12.7. The Kier molecular flexibility index (Phi) is 8.81. The molecule has 29 heavy (non-hydrogen) atoms. The Hall–Kier alpha value is -1.59. The molecule has 1 N–H and O–H groups in total. The zero-order valence-corrected chi connectivity index (χ0v) is 18.2. The van der Waals surface area contributed by atoms with Crippen molar-refractivity contribution in [2.45, 2.75) is 57.9 Å². The summed E-state index contributed by atoms with van der Waals surface area (Å²) in [5.74, 6) is 2.15. The van der Waals surface area contributed by atoms with Crippen molar-refractivity contribution in [2.75, 3.05) is 40.0 Å². The summed E-state index contributed by atoms with van der Waals surface area (Å²) in [4.78, 5) is 15.3. The van der Waals surface area contributed by atoms with E-state index in [0.717, 1.165) is 44.0 Å². The molecule has 0 aromatic heterocycles. The molecule has 0 radical (unpaired) electrons. The zero-order valence-electron chi connectivity index (χ0n) is 18.2. The molecule has 0 spiro atoms. The molecule has 2 aliphatic rings. The van der Waals surface area contributed by atoms with E-state index in [9.17, 15) is 4.79 Å². The van der Waals surface area contributed by atoms with E-state index >= 15 is 0 Å². The van der Waals surface area contributed by atoms with Crippen LogP contribution in [-0.2, 0) is 16.0 Å². The fourth-order valence-electron chi connectivity index (χ4n) is 4.91. The van der Waals surface area contributed by atoms with Crippen molar-refractivity contribution < 1.29 is 14.3 Å². The lowest BCUT2D eigenvalue weighted by molar-refractivity contribution is -0.121. The lowest BCUT2D eigenvalue weighted by Gasteiger charge is -2.39. The molecular formula is C24H38N2O3. The summed E-state index contributed by atoms with van der Waals surface area (Å²) in [7, 11) is 1.66. The van der Waals surface area contributed by atoms with Crippen molar-refractivity contribution in [2.24, 2.45) is 11.8 Å². The van der Waals surface area contributed by atoms with Gasteiger partial charge in [0.05, 0.1) is 20.1 Å². The summed E-state index contributed by atoms with van der Waals surface area (Å²) in [5, 5.41) is 3.36. The maximum absolute atomic E-state index is 12.7. The van der Waals surface area contributed by atoms with Crippen molar-refractivity contribution in [1.82, 2.24) is 10.2 Å². The molecule has 1 saturated heterocycles. The Balaban J connectivity index is 1.51. The highest BCUT2D eigenvalue weighted by Gasteiger charge is 2.30. The van der Waals surface area contributed by atoms with Crippen molar-refractivity contribution in [1.29, 1.82) is 0 Å². The molecule has 5 heteroatoms. The van der Waals surface area contributed by atoms with Crippen LogP contribution in [0, 0.1) is 11.8 Å². The van der Waals surface area contributed by atoms with E-state index in [4.69, 9.17) is 9.47 Å². The number of methoxy groups -OCH3 is 1. The number of piperidine rings is 1. The number of benzene rings is 1. The van der Waals surface area contributed by atoms with Gasteiger partial charge in [-0.2, -0.15) is 0 Å². The highest BCUT2D eigenvalue weighted by atomic mass is 16.5. The summed E-state index contributed by atoms with van der Waals surface area (Å²) in [6, 6.07) is 8.10. The van der Waals surface area contributed by atoms with Crippen LogP contribution in [0.5, 0.6) is 5.75 Å². The van der Waals surface area contributed by atoms with E-state index in [1.165, 1.54) is 38.6 Å². The van der Waals surface area contributed by atoms with Gasteiger partial charge in [-0.15, -0.1) is 0 Å². The second kappa shape index (κ2) is 11.6. The highest BCUT2D eigenvalue weighted by Crippen LogP contribution is 2.27. The normalized spacial score (nSPS) is 25.5. The van der Waals surface area contributed by atoms with Crippen LogP contribution in [0.4, 0.5) is 0 Å². The van der Waals surface area contributed by atoms with Crippen LogP contribution in [0.15, 0.2) is 24.3 Å². The van der Waals surface area contributed by atoms with E-state index in [2.05, 4.69) is 17.1 Å². The quantitative estimate of drug-likeness (QED) is 0.685. The van der Waals surface area contributed by atoms with Gasteiger partial charge in [0.2, 0.25) is 5.91 Å². The Bertz CT molecular complexity index is 636. The fraction of sp³-hybridized carbons (Fsp3) is 0.708. The molecule has 1 aromatic rings. The van der Waals surface area contributed by atoms with E-state index in [-0.39, 0.29) is 5.91 Å². The van der Waals surface area contributed by atoms with Crippen LogP contribution >= 0.6 is 0 Å². The third-order valence-electron chi connectivity index (χ3n) is 6.41.